The lowest BCUT2D eigenvalue weighted by Crippen LogP contribution is -2.56. The minimum absolute atomic E-state index is 0.190. The molecule has 1 N–H and O–H groups in total. The predicted octanol–water partition coefficient (Wildman–Crippen LogP) is 6.85. The zero-order valence-corrected chi connectivity index (χ0v) is 27.8. The van der Waals surface area contributed by atoms with E-state index in [0.717, 1.165) is 56.1 Å². The highest BCUT2D eigenvalue weighted by Crippen LogP contribution is 2.34. The maximum atomic E-state index is 13.8. The number of nitrogens with zero attached hydrogens (tertiary/aromatic N) is 3. The van der Waals surface area contributed by atoms with Gasteiger partial charge in [0.2, 0.25) is 5.91 Å². The average Bonchev–Trinajstić information content (AvgIpc) is 2.98. The molecule has 1 aliphatic heterocycles. The van der Waals surface area contributed by atoms with E-state index in [1.807, 2.05) is 31.2 Å². The number of hydrogen-bond donors (Lipinski definition) is 1. The van der Waals surface area contributed by atoms with Crippen molar-refractivity contribution in [3.8, 4) is 0 Å². The van der Waals surface area contributed by atoms with Crippen molar-refractivity contribution in [2.45, 2.75) is 91.1 Å². The van der Waals surface area contributed by atoms with Crippen LogP contribution in [-0.4, -0.2) is 84.2 Å². The van der Waals surface area contributed by atoms with Crippen LogP contribution in [0.15, 0.2) is 48.5 Å². The summed E-state index contributed by atoms with van der Waals surface area (Å²) >= 11 is 0. The third-order valence-corrected chi connectivity index (χ3v) is 8.31. The Balaban J connectivity index is 1.74. The third kappa shape index (κ3) is 11.6. The minimum atomic E-state index is -4.41. The van der Waals surface area contributed by atoms with Gasteiger partial charge in [0.1, 0.15) is 11.6 Å². The molecule has 1 fully saturated rings. The quantitative estimate of drug-likeness (QED) is 0.245. The van der Waals surface area contributed by atoms with Crippen molar-refractivity contribution in [1.82, 2.24) is 20.0 Å². The van der Waals surface area contributed by atoms with E-state index in [1.165, 1.54) is 12.1 Å². The van der Waals surface area contributed by atoms with E-state index in [-0.39, 0.29) is 11.9 Å². The zero-order valence-electron chi connectivity index (χ0n) is 27.8. The number of halogens is 3. The van der Waals surface area contributed by atoms with Gasteiger partial charge in [0, 0.05) is 38.6 Å². The summed E-state index contributed by atoms with van der Waals surface area (Å²) in [5, 5.41) is 2.79. The molecule has 3 rings (SSSR count). The van der Waals surface area contributed by atoms with Crippen molar-refractivity contribution >= 4 is 12.0 Å². The molecule has 10 heteroatoms. The lowest BCUT2D eigenvalue weighted by molar-refractivity contribution is -0.138. The maximum Gasteiger partial charge on any atom is 0.416 e. The number of carbonyl (C=O) groups excluding carboxylic acids is 2. The van der Waals surface area contributed by atoms with Crippen molar-refractivity contribution in [1.29, 1.82) is 0 Å². The molecule has 45 heavy (non-hydrogen) atoms. The topological polar surface area (TPSA) is 65.1 Å². The van der Waals surface area contributed by atoms with Crippen LogP contribution >= 0.6 is 0 Å². The monoisotopic (exact) mass is 632 g/mol. The lowest BCUT2D eigenvalue weighted by atomic mass is 9.96. The standard InChI is InChI=1S/C35H51F3N4O3/c1-7-40(8-2)19-10-9-14-31(28-12-11-13-29(25-28)35(36,37)38)41-20-22-42(23-21-41)32(43)30(39-33(44)45-34(4,5)6)24-27-17-15-26(3)16-18-27/h11-13,15-18,25,30-31H,7-10,14,19-24H2,1-6H3,(H,39,44)/t30-,31?/m1/s1. The van der Waals surface area contributed by atoms with Gasteiger partial charge in [-0.3, -0.25) is 9.69 Å². The summed E-state index contributed by atoms with van der Waals surface area (Å²) in [4.78, 5) is 32.8. The van der Waals surface area contributed by atoms with Crippen LogP contribution in [0.25, 0.3) is 0 Å². The largest absolute Gasteiger partial charge is 0.444 e. The molecule has 2 aromatic carbocycles. The summed E-state index contributed by atoms with van der Waals surface area (Å²) in [6, 6.07) is 12.5. The summed E-state index contributed by atoms with van der Waals surface area (Å²) in [6.07, 6.45) is -2.17. The van der Waals surface area contributed by atoms with Crippen LogP contribution in [0.2, 0.25) is 0 Å². The first-order valence-corrected chi connectivity index (χ1v) is 16.2. The number of ether oxygens (including phenoxy) is 1. The van der Waals surface area contributed by atoms with Crippen LogP contribution in [0.3, 0.4) is 0 Å². The van der Waals surface area contributed by atoms with Crippen molar-refractivity contribution in [3.05, 3.63) is 70.8 Å². The Morgan fingerprint density at radius 3 is 2.18 bits per heavy atom. The second kappa shape index (κ2) is 16.5. The molecule has 0 saturated carbocycles. The summed E-state index contributed by atoms with van der Waals surface area (Å²) < 4.78 is 46.3. The molecular formula is C35H51F3N4O3. The minimum Gasteiger partial charge on any atom is -0.444 e. The Kier molecular flexibility index (Phi) is 13.3. The van der Waals surface area contributed by atoms with E-state index < -0.39 is 29.5 Å². The van der Waals surface area contributed by atoms with Crippen LogP contribution < -0.4 is 5.32 Å². The Morgan fingerprint density at radius 2 is 1.60 bits per heavy atom. The molecule has 1 saturated heterocycles. The van der Waals surface area contributed by atoms with Crippen molar-refractivity contribution in [3.63, 3.8) is 0 Å². The summed E-state index contributed by atoms with van der Waals surface area (Å²) in [6.45, 7) is 16.3. The molecule has 250 valence electrons. The predicted molar refractivity (Wildman–Crippen MR) is 172 cm³/mol. The molecule has 0 spiro atoms. The SMILES string of the molecule is CCN(CC)CCCCC(c1cccc(C(F)(F)F)c1)N1CCN(C(=O)[C@@H](Cc2ccc(C)cc2)NC(=O)OC(C)(C)C)CC1. The number of unbranched alkanes of at least 4 members (excludes halogenated alkanes) is 1. The van der Waals surface area contributed by atoms with Crippen LogP contribution in [0.5, 0.6) is 0 Å². The Morgan fingerprint density at radius 1 is 0.956 bits per heavy atom. The number of aryl methyl sites for hydroxylation is 1. The molecule has 2 atom stereocenters. The summed E-state index contributed by atoms with van der Waals surface area (Å²) in [5.74, 6) is -0.198. The molecule has 1 unspecified atom stereocenters. The highest BCUT2D eigenvalue weighted by atomic mass is 19.4. The van der Waals surface area contributed by atoms with Gasteiger partial charge >= 0.3 is 12.3 Å². The number of piperazine rings is 1. The van der Waals surface area contributed by atoms with Gasteiger partial charge in [0.25, 0.3) is 0 Å². The Hall–Kier alpha value is -3.11. The van der Waals surface area contributed by atoms with Gasteiger partial charge in [-0.05, 0) is 83.4 Å². The lowest BCUT2D eigenvalue weighted by Gasteiger charge is -2.41. The number of alkyl halides is 3. The fourth-order valence-corrected chi connectivity index (χ4v) is 5.78. The molecule has 0 aliphatic carbocycles. The van der Waals surface area contributed by atoms with Crippen molar-refractivity contribution in [2.24, 2.45) is 0 Å². The van der Waals surface area contributed by atoms with Gasteiger partial charge in [-0.1, -0.05) is 62.2 Å². The molecule has 1 aliphatic rings. The van der Waals surface area contributed by atoms with Gasteiger partial charge in [-0.2, -0.15) is 13.2 Å². The highest BCUT2D eigenvalue weighted by molar-refractivity contribution is 5.86. The molecule has 0 aromatic heterocycles. The fourth-order valence-electron chi connectivity index (χ4n) is 5.78. The fraction of sp³-hybridized carbons (Fsp3) is 0.600. The van der Waals surface area contributed by atoms with E-state index >= 15 is 0 Å². The number of benzene rings is 2. The number of amides is 2. The Labute approximate surface area is 267 Å². The van der Waals surface area contributed by atoms with E-state index in [0.29, 0.717) is 38.2 Å². The maximum absolute atomic E-state index is 13.8. The molecule has 7 nitrogen and oxygen atoms in total. The number of nitrogens with one attached hydrogen (secondary N) is 1. The molecule has 2 aromatic rings. The van der Waals surface area contributed by atoms with Gasteiger partial charge in [0.05, 0.1) is 5.56 Å². The van der Waals surface area contributed by atoms with Crippen LogP contribution in [0.1, 0.15) is 82.2 Å². The number of alkyl carbamates (subject to hydrolysis) is 1. The number of carbonyl (C=O) groups is 2. The smallest absolute Gasteiger partial charge is 0.416 e. The second-order valence-corrected chi connectivity index (χ2v) is 12.9. The number of hydrogen-bond acceptors (Lipinski definition) is 5. The summed E-state index contributed by atoms with van der Waals surface area (Å²) in [5.41, 5.74) is 1.31. The van der Waals surface area contributed by atoms with Crippen LogP contribution in [0.4, 0.5) is 18.0 Å². The molecule has 1 heterocycles. The normalized spacial score (nSPS) is 16.0. The summed E-state index contributed by atoms with van der Waals surface area (Å²) in [7, 11) is 0. The first-order valence-electron chi connectivity index (χ1n) is 16.2. The van der Waals surface area contributed by atoms with Gasteiger partial charge in [0.15, 0.2) is 0 Å². The van der Waals surface area contributed by atoms with Crippen molar-refractivity contribution in [2.75, 3.05) is 45.8 Å². The average molecular weight is 633 g/mol. The van der Waals surface area contributed by atoms with E-state index in [2.05, 4.69) is 29.0 Å². The highest BCUT2D eigenvalue weighted by Gasteiger charge is 2.34. The number of rotatable bonds is 13. The Bertz CT molecular complexity index is 1220. The molecular weight excluding hydrogens is 581 g/mol. The van der Waals surface area contributed by atoms with E-state index in [4.69, 9.17) is 4.74 Å². The van der Waals surface area contributed by atoms with E-state index in [1.54, 1.807) is 31.7 Å². The van der Waals surface area contributed by atoms with Gasteiger partial charge in [-0.15, -0.1) is 0 Å². The third-order valence-electron chi connectivity index (χ3n) is 8.31. The zero-order chi connectivity index (χ0) is 33.2. The van der Waals surface area contributed by atoms with Gasteiger partial charge < -0.3 is 19.9 Å². The second-order valence-electron chi connectivity index (χ2n) is 12.9. The first-order chi connectivity index (χ1) is 21.2. The van der Waals surface area contributed by atoms with Crippen LogP contribution in [-0.2, 0) is 22.1 Å². The molecule has 2 amide bonds. The first kappa shape index (κ1) is 36.4. The van der Waals surface area contributed by atoms with Crippen molar-refractivity contribution < 1.29 is 27.5 Å². The van der Waals surface area contributed by atoms with Gasteiger partial charge in [-0.25, -0.2) is 4.79 Å². The molecule has 0 bridgehead atoms. The van der Waals surface area contributed by atoms with Crippen LogP contribution in [0, 0.1) is 6.92 Å². The van der Waals surface area contributed by atoms with E-state index in [9.17, 15) is 22.8 Å². The molecule has 0 radical (unpaired) electrons.